The van der Waals surface area contributed by atoms with E-state index in [1.807, 2.05) is 18.2 Å². The molecule has 1 amide bonds. The molecule has 0 aliphatic carbocycles. The first-order valence-corrected chi connectivity index (χ1v) is 8.77. The zero-order chi connectivity index (χ0) is 19.7. The van der Waals surface area contributed by atoms with Crippen LogP contribution in [0.1, 0.15) is 32.1 Å². The second kappa shape index (κ2) is 12.4. The van der Waals surface area contributed by atoms with Crippen LogP contribution >= 0.6 is 11.6 Å². The maximum absolute atomic E-state index is 11.6. The van der Waals surface area contributed by atoms with Crippen molar-refractivity contribution >= 4 is 29.3 Å². The standard InChI is InChI=1S/C15H11ClNO.C7H10NO.K/c16-14-9-5-4-6-12(14)10-11-15(18)17-13-7-2-1-3-8-13;1-7(2,3)6-4-5-8-9-6;/h2-11H,(H,17,18);4H,1-3H3;/q2*-1;+1/b11-10+;;. The number of hydrogen-bond acceptors (Lipinski definition) is 3. The van der Waals surface area contributed by atoms with E-state index in [1.165, 1.54) is 6.08 Å². The second-order valence-corrected chi connectivity index (χ2v) is 7.11. The van der Waals surface area contributed by atoms with E-state index >= 15 is 0 Å². The van der Waals surface area contributed by atoms with Gasteiger partial charge in [0.25, 0.3) is 0 Å². The third-order valence-corrected chi connectivity index (χ3v) is 3.78. The third kappa shape index (κ3) is 8.86. The van der Waals surface area contributed by atoms with E-state index in [9.17, 15) is 4.79 Å². The van der Waals surface area contributed by atoms with E-state index in [0.29, 0.717) is 5.02 Å². The van der Waals surface area contributed by atoms with Crippen molar-refractivity contribution in [2.45, 2.75) is 26.2 Å². The molecule has 6 heteroatoms. The Balaban J connectivity index is 0.000000332. The van der Waals surface area contributed by atoms with Crippen LogP contribution in [0.4, 0.5) is 5.69 Å². The van der Waals surface area contributed by atoms with Gasteiger partial charge in [0.05, 0.1) is 0 Å². The molecule has 1 heterocycles. The molecule has 0 aliphatic heterocycles. The SMILES string of the molecule is CC(C)(C)c1c[c-]no1.O=C(/C=C/c1ccccc1Cl)Nc1cc[c-]cc1.[K+]. The quantitative estimate of drug-likeness (QED) is 0.403. The van der Waals surface area contributed by atoms with Gasteiger partial charge in [0.15, 0.2) is 0 Å². The summed E-state index contributed by atoms with van der Waals surface area (Å²) in [5.74, 6) is 0.684. The molecule has 28 heavy (non-hydrogen) atoms. The Morgan fingerprint density at radius 2 is 1.86 bits per heavy atom. The molecule has 0 atom stereocenters. The normalized spacial score (nSPS) is 10.6. The number of aromatic nitrogens is 1. The van der Waals surface area contributed by atoms with Crippen molar-refractivity contribution in [2.75, 3.05) is 5.32 Å². The van der Waals surface area contributed by atoms with Crippen molar-refractivity contribution in [3.63, 3.8) is 0 Å². The molecule has 0 bridgehead atoms. The molecular formula is C22H21ClKN2O2-. The van der Waals surface area contributed by atoms with Crippen LogP contribution < -0.4 is 56.7 Å². The molecule has 0 unspecified atom stereocenters. The average Bonchev–Trinajstić information content (AvgIpc) is 3.18. The minimum absolute atomic E-state index is 0. The minimum atomic E-state index is -0.193. The molecule has 0 aliphatic rings. The molecule has 1 N–H and O–H groups in total. The Morgan fingerprint density at radius 3 is 2.39 bits per heavy atom. The largest absolute Gasteiger partial charge is 1.00 e. The van der Waals surface area contributed by atoms with Crippen LogP contribution in [-0.2, 0) is 10.2 Å². The van der Waals surface area contributed by atoms with E-state index < -0.39 is 0 Å². The molecule has 1 aromatic heterocycles. The summed E-state index contributed by atoms with van der Waals surface area (Å²) in [6.45, 7) is 6.21. The number of amides is 1. The van der Waals surface area contributed by atoms with Crippen LogP contribution in [0.2, 0.25) is 5.02 Å². The van der Waals surface area contributed by atoms with E-state index in [4.69, 9.17) is 16.1 Å². The van der Waals surface area contributed by atoms with Crippen LogP contribution in [-0.4, -0.2) is 11.1 Å². The van der Waals surface area contributed by atoms with Crippen molar-refractivity contribution < 1.29 is 60.7 Å². The molecule has 0 saturated carbocycles. The van der Waals surface area contributed by atoms with Crippen LogP contribution in [0.15, 0.2) is 65.2 Å². The van der Waals surface area contributed by atoms with E-state index in [2.05, 4.69) is 43.5 Å². The number of benzene rings is 2. The topological polar surface area (TPSA) is 55.1 Å². The van der Waals surface area contributed by atoms with Crippen LogP contribution in [0.5, 0.6) is 0 Å². The van der Waals surface area contributed by atoms with Crippen LogP contribution in [0, 0.1) is 12.3 Å². The summed E-state index contributed by atoms with van der Waals surface area (Å²) in [5, 5.41) is 6.85. The van der Waals surface area contributed by atoms with E-state index in [0.717, 1.165) is 17.0 Å². The molecule has 2 aromatic carbocycles. The summed E-state index contributed by atoms with van der Waals surface area (Å²) >= 11 is 5.98. The summed E-state index contributed by atoms with van der Waals surface area (Å²) < 4.78 is 4.89. The van der Waals surface area contributed by atoms with Crippen molar-refractivity contribution in [3.8, 4) is 0 Å². The van der Waals surface area contributed by atoms with Gasteiger partial charge in [-0.05, 0) is 28.9 Å². The van der Waals surface area contributed by atoms with Gasteiger partial charge >= 0.3 is 51.4 Å². The summed E-state index contributed by atoms with van der Waals surface area (Å²) in [7, 11) is 0. The van der Waals surface area contributed by atoms with Gasteiger partial charge in [-0.1, -0.05) is 56.3 Å². The van der Waals surface area contributed by atoms with Crippen LogP contribution in [0.3, 0.4) is 0 Å². The number of halogens is 1. The van der Waals surface area contributed by atoms with Gasteiger partial charge in [0, 0.05) is 11.1 Å². The van der Waals surface area contributed by atoms with Crippen molar-refractivity contribution in [3.05, 3.63) is 89.3 Å². The number of hydrogen-bond donors (Lipinski definition) is 1. The number of nitrogens with one attached hydrogen (secondary N) is 1. The van der Waals surface area contributed by atoms with Gasteiger partial charge in [0.2, 0.25) is 5.91 Å². The molecule has 4 nitrogen and oxygen atoms in total. The molecular weight excluding hydrogens is 399 g/mol. The smallest absolute Gasteiger partial charge is 0.470 e. The molecule has 140 valence electrons. The number of carbonyl (C=O) groups excluding carboxylic acids is 1. The van der Waals surface area contributed by atoms with E-state index in [-0.39, 0.29) is 62.7 Å². The van der Waals surface area contributed by atoms with Crippen molar-refractivity contribution in [2.24, 2.45) is 0 Å². The Hall–Kier alpha value is -1.21. The minimum Gasteiger partial charge on any atom is -0.470 e. The molecule has 3 rings (SSSR count). The fourth-order valence-electron chi connectivity index (χ4n) is 1.97. The predicted molar refractivity (Wildman–Crippen MR) is 108 cm³/mol. The first-order valence-electron chi connectivity index (χ1n) is 8.39. The van der Waals surface area contributed by atoms with Crippen molar-refractivity contribution in [1.82, 2.24) is 5.16 Å². The summed E-state index contributed by atoms with van der Waals surface area (Å²) in [5.41, 5.74) is 1.62. The third-order valence-electron chi connectivity index (χ3n) is 3.44. The maximum atomic E-state index is 11.6. The van der Waals surface area contributed by atoms with Crippen LogP contribution in [0.25, 0.3) is 6.08 Å². The number of rotatable bonds is 3. The fourth-order valence-corrected chi connectivity index (χ4v) is 2.17. The molecule has 0 fully saturated rings. The molecule has 0 spiro atoms. The first kappa shape index (κ1) is 24.8. The second-order valence-electron chi connectivity index (χ2n) is 6.70. The first-order chi connectivity index (χ1) is 12.9. The van der Waals surface area contributed by atoms with Crippen molar-refractivity contribution in [1.29, 1.82) is 0 Å². The predicted octanol–water partition coefficient (Wildman–Crippen LogP) is 2.57. The summed E-state index contributed by atoms with van der Waals surface area (Å²) in [4.78, 5) is 11.6. The fraction of sp³-hybridized carbons (Fsp3) is 0.182. The molecule has 3 aromatic rings. The van der Waals surface area contributed by atoms with Gasteiger partial charge in [-0.3, -0.25) is 4.79 Å². The van der Waals surface area contributed by atoms with Gasteiger partial charge in [-0.2, -0.15) is 24.3 Å². The Bertz CT molecular complexity index is 873. The number of nitrogens with zero attached hydrogens (tertiary/aromatic N) is 1. The summed E-state index contributed by atoms with van der Waals surface area (Å²) in [6, 6.07) is 19.0. The molecule has 0 radical (unpaired) electrons. The van der Waals surface area contributed by atoms with Gasteiger partial charge in [-0.25, -0.2) is 5.16 Å². The van der Waals surface area contributed by atoms with Gasteiger partial charge in [0.1, 0.15) is 0 Å². The zero-order valence-corrected chi connectivity index (χ0v) is 20.4. The Morgan fingerprint density at radius 1 is 1.18 bits per heavy atom. The maximum Gasteiger partial charge on any atom is 1.00 e. The monoisotopic (exact) mass is 419 g/mol. The average molecular weight is 420 g/mol. The molecule has 0 saturated heterocycles. The van der Waals surface area contributed by atoms with E-state index in [1.54, 1.807) is 42.5 Å². The summed E-state index contributed by atoms with van der Waals surface area (Å²) in [6.07, 6.45) is 5.76. The zero-order valence-electron chi connectivity index (χ0n) is 16.5. The number of anilines is 1. The van der Waals surface area contributed by atoms with Gasteiger partial charge < -0.3 is 9.84 Å². The Labute approximate surface area is 213 Å². The van der Waals surface area contributed by atoms with Gasteiger partial charge in [-0.15, -0.1) is 18.3 Å². The Kier molecular flexibility index (Phi) is 11.0. The number of carbonyl (C=O) groups is 1.